The molecule has 0 bridgehead atoms. The fourth-order valence-electron chi connectivity index (χ4n) is 1.69. The highest BCUT2D eigenvalue weighted by Gasteiger charge is 2.29. The molecule has 0 aliphatic heterocycles. The Balaban J connectivity index is 2.64. The molecular weight excluding hydrogens is 233 g/mol. The van der Waals surface area contributed by atoms with E-state index in [0.29, 0.717) is 12.1 Å². The molecule has 0 spiro atoms. The van der Waals surface area contributed by atoms with Gasteiger partial charge in [0.05, 0.1) is 12.5 Å². The summed E-state index contributed by atoms with van der Waals surface area (Å²) in [7, 11) is 1.37. The summed E-state index contributed by atoms with van der Waals surface area (Å²) in [5, 5.41) is 3.15. The van der Waals surface area contributed by atoms with Crippen LogP contribution in [0.3, 0.4) is 0 Å². The van der Waals surface area contributed by atoms with E-state index in [-0.39, 0.29) is 17.8 Å². The van der Waals surface area contributed by atoms with E-state index >= 15 is 0 Å². The van der Waals surface area contributed by atoms with Crippen LogP contribution in [-0.4, -0.2) is 19.6 Å². The van der Waals surface area contributed by atoms with Crippen LogP contribution < -0.4 is 5.32 Å². The Labute approximate surface area is 107 Å². The van der Waals surface area contributed by atoms with Gasteiger partial charge in [-0.05, 0) is 26.8 Å². The minimum absolute atomic E-state index is 0.157. The molecule has 0 aliphatic carbocycles. The van der Waals surface area contributed by atoms with Crippen LogP contribution in [0.2, 0.25) is 0 Å². The first kappa shape index (κ1) is 14.6. The molecule has 1 aromatic carbocycles. The van der Waals surface area contributed by atoms with Gasteiger partial charge in [0.2, 0.25) is 0 Å². The molecule has 18 heavy (non-hydrogen) atoms. The topological polar surface area (TPSA) is 38.3 Å². The lowest BCUT2D eigenvalue weighted by Crippen LogP contribution is -2.38. The summed E-state index contributed by atoms with van der Waals surface area (Å²) >= 11 is 0. The average molecular weight is 253 g/mol. The number of carbonyl (C=O) groups excluding carboxylic acids is 1. The summed E-state index contributed by atoms with van der Waals surface area (Å²) in [6.45, 7) is 5.88. The largest absolute Gasteiger partial charge is 0.469 e. The second kappa shape index (κ2) is 5.96. The summed E-state index contributed by atoms with van der Waals surface area (Å²) in [4.78, 5) is 11.5. The molecule has 0 aliphatic rings. The number of hydrogen-bond acceptors (Lipinski definition) is 3. The molecule has 3 nitrogen and oxygen atoms in total. The molecule has 1 aromatic rings. The number of carbonyl (C=O) groups is 1. The van der Waals surface area contributed by atoms with E-state index < -0.39 is 5.41 Å². The molecule has 0 unspecified atom stereocenters. The SMILES string of the molecule is COC(=O)C(C)(C)CN[C@H](C)c1ccccc1F. The van der Waals surface area contributed by atoms with Crippen LogP contribution in [0.25, 0.3) is 0 Å². The number of halogens is 1. The van der Waals surface area contributed by atoms with Crippen molar-refractivity contribution in [3.8, 4) is 0 Å². The molecule has 0 aromatic heterocycles. The number of nitrogens with one attached hydrogen (secondary N) is 1. The summed E-state index contributed by atoms with van der Waals surface area (Å²) in [5.74, 6) is -0.524. The van der Waals surface area contributed by atoms with Crippen molar-refractivity contribution in [2.45, 2.75) is 26.8 Å². The average Bonchev–Trinajstić information content (AvgIpc) is 2.35. The van der Waals surface area contributed by atoms with Gasteiger partial charge in [-0.25, -0.2) is 4.39 Å². The number of methoxy groups -OCH3 is 1. The summed E-state index contributed by atoms with van der Waals surface area (Å²) in [6, 6.07) is 6.46. The fraction of sp³-hybridized carbons (Fsp3) is 0.500. The lowest BCUT2D eigenvalue weighted by molar-refractivity contribution is -0.150. The highest BCUT2D eigenvalue weighted by Crippen LogP contribution is 2.20. The summed E-state index contributed by atoms with van der Waals surface area (Å²) in [6.07, 6.45) is 0. The lowest BCUT2D eigenvalue weighted by Gasteiger charge is -2.24. The first-order valence-corrected chi connectivity index (χ1v) is 5.94. The zero-order valence-corrected chi connectivity index (χ0v) is 11.3. The molecular formula is C14H20FNO2. The molecule has 0 heterocycles. The molecule has 1 N–H and O–H groups in total. The van der Waals surface area contributed by atoms with Crippen LogP contribution in [0.5, 0.6) is 0 Å². The van der Waals surface area contributed by atoms with E-state index in [9.17, 15) is 9.18 Å². The Morgan fingerprint density at radius 1 is 1.44 bits per heavy atom. The van der Waals surface area contributed by atoms with Gasteiger partial charge in [-0.3, -0.25) is 4.79 Å². The number of hydrogen-bond donors (Lipinski definition) is 1. The zero-order chi connectivity index (χ0) is 13.8. The van der Waals surface area contributed by atoms with Crippen LogP contribution in [0.15, 0.2) is 24.3 Å². The maximum Gasteiger partial charge on any atom is 0.312 e. The van der Waals surface area contributed by atoms with Crippen molar-refractivity contribution < 1.29 is 13.9 Å². The second-order valence-corrected chi connectivity index (χ2v) is 5.00. The Morgan fingerprint density at radius 3 is 2.61 bits per heavy atom. The van der Waals surface area contributed by atoms with Crippen molar-refractivity contribution in [2.24, 2.45) is 5.41 Å². The monoisotopic (exact) mass is 253 g/mol. The molecule has 4 heteroatoms. The van der Waals surface area contributed by atoms with E-state index in [0.717, 1.165) is 0 Å². The van der Waals surface area contributed by atoms with Crippen molar-refractivity contribution in [1.82, 2.24) is 5.32 Å². The smallest absolute Gasteiger partial charge is 0.312 e. The Bertz CT molecular complexity index is 418. The van der Waals surface area contributed by atoms with E-state index in [1.807, 2.05) is 6.92 Å². The van der Waals surface area contributed by atoms with Crippen molar-refractivity contribution in [2.75, 3.05) is 13.7 Å². The molecule has 0 saturated heterocycles. The Morgan fingerprint density at radius 2 is 2.06 bits per heavy atom. The van der Waals surface area contributed by atoms with E-state index in [4.69, 9.17) is 4.74 Å². The minimum Gasteiger partial charge on any atom is -0.469 e. The second-order valence-electron chi connectivity index (χ2n) is 5.00. The number of esters is 1. The maximum absolute atomic E-state index is 13.6. The van der Waals surface area contributed by atoms with Crippen LogP contribution in [0, 0.1) is 11.2 Å². The molecule has 100 valence electrons. The van der Waals surface area contributed by atoms with Gasteiger partial charge < -0.3 is 10.1 Å². The first-order valence-electron chi connectivity index (χ1n) is 5.94. The number of ether oxygens (including phenoxy) is 1. The number of rotatable bonds is 5. The van der Waals surface area contributed by atoms with Gasteiger partial charge in [0.25, 0.3) is 0 Å². The van der Waals surface area contributed by atoms with Crippen molar-refractivity contribution in [1.29, 1.82) is 0 Å². The molecule has 1 rings (SSSR count). The highest BCUT2D eigenvalue weighted by molar-refractivity contribution is 5.76. The normalized spacial score (nSPS) is 13.2. The fourth-order valence-corrected chi connectivity index (χ4v) is 1.69. The lowest BCUT2D eigenvalue weighted by atomic mass is 9.93. The van der Waals surface area contributed by atoms with Gasteiger partial charge in [-0.1, -0.05) is 18.2 Å². The highest BCUT2D eigenvalue weighted by atomic mass is 19.1. The van der Waals surface area contributed by atoms with Gasteiger partial charge in [0.1, 0.15) is 5.82 Å². The Hall–Kier alpha value is -1.42. The molecule has 1 atom stereocenters. The maximum atomic E-state index is 13.6. The van der Waals surface area contributed by atoms with Crippen LogP contribution in [-0.2, 0) is 9.53 Å². The predicted molar refractivity (Wildman–Crippen MR) is 68.6 cm³/mol. The summed E-state index contributed by atoms with van der Waals surface area (Å²) < 4.78 is 18.3. The van der Waals surface area contributed by atoms with Gasteiger partial charge in [-0.2, -0.15) is 0 Å². The van der Waals surface area contributed by atoms with Crippen molar-refractivity contribution in [3.63, 3.8) is 0 Å². The van der Waals surface area contributed by atoms with Gasteiger partial charge >= 0.3 is 5.97 Å². The molecule has 0 amide bonds. The van der Waals surface area contributed by atoms with E-state index in [2.05, 4.69) is 5.32 Å². The predicted octanol–water partition coefficient (Wildman–Crippen LogP) is 2.68. The van der Waals surface area contributed by atoms with Crippen molar-refractivity contribution >= 4 is 5.97 Å². The third kappa shape index (κ3) is 3.53. The molecule has 0 fully saturated rings. The van der Waals surface area contributed by atoms with E-state index in [1.54, 1.807) is 32.0 Å². The quantitative estimate of drug-likeness (QED) is 0.820. The summed E-state index contributed by atoms with van der Waals surface area (Å²) in [5.41, 5.74) is -0.0352. The van der Waals surface area contributed by atoms with Crippen LogP contribution in [0.1, 0.15) is 32.4 Å². The van der Waals surface area contributed by atoms with Gasteiger partial charge in [0, 0.05) is 18.2 Å². The van der Waals surface area contributed by atoms with E-state index in [1.165, 1.54) is 13.2 Å². The van der Waals surface area contributed by atoms with Crippen LogP contribution in [0.4, 0.5) is 4.39 Å². The Kier molecular flexibility index (Phi) is 4.84. The van der Waals surface area contributed by atoms with Crippen LogP contribution >= 0.6 is 0 Å². The number of benzene rings is 1. The standard InChI is InChI=1S/C14H20FNO2/c1-10(11-7-5-6-8-12(11)15)16-9-14(2,3)13(17)18-4/h5-8,10,16H,9H2,1-4H3/t10-/m1/s1. The first-order chi connectivity index (χ1) is 8.38. The molecule has 0 saturated carbocycles. The van der Waals surface area contributed by atoms with Gasteiger partial charge in [-0.15, -0.1) is 0 Å². The minimum atomic E-state index is -0.631. The molecule has 0 radical (unpaired) electrons. The van der Waals surface area contributed by atoms with Crippen molar-refractivity contribution in [3.05, 3.63) is 35.6 Å². The third-order valence-electron chi connectivity index (χ3n) is 2.96. The third-order valence-corrected chi connectivity index (χ3v) is 2.96. The zero-order valence-electron chi connectivity index (χ0n) is 11.3. The van der Waals surface area contributed by atoms with Gasteiger partial charge in [0.15, 0.2) is 0 Å².